The molecule has 29 heavy (non-hydrogen) atoms. The number of carbonyl (C=O) groups is 3. The van der Waals surface area contributed by atoms with Crippen LogP contribution in [0.3, 0.4) is 0 Å². The number of ketones is 1. The van der Waals surface area contributed by atoms with Gasteiger partial charge in [0.1, 0.15) is 0 Å². The van der Waals surface area contributed by atoms with Crippen molar-refractivity contribution in [2.45, 2.75) is 26.9 Å². The van der Waals surface area contributed by atoms with Gasteiger partial charge in [0.05, 0.1) is 35.9 Å². The Balaban J connectivity index is 2.26. The maximum atomic E-state index is 12.8. The second-order valence-electron chi connectivity index (χ2n) is 6.45. The molecule has 156 valence electrons. The lowest BCUT2D eigenvalue weighted by molar-refractivity contribution is 0.0317. The largest absolute Gasteiger partial charge is 0.465 e. The summed E-state index contributed by atoms with van der Waals surface area (Å²) in [4.78, 5) is 40.0. The fourth-order valence-electron chi connectivity index (χ4n) is 2.84. The van der Waals surface area contributed by atoms with E-state index in [4.69, 9.17) is 9.47 Å². The highest BCUT2D eigenvalue weighted by atomic mass is 32.2. The second kappa shape index (κ2) is 8.48. The van der Waals surface area contributed by atoms with Gasteiger partial charge in [-0.1, -0.05) is 12.1 Å². The predicted octanol–water partition coefficient (Wildman–Crippen LogP) is 2.22. The van der Waals surface area contributed by atoms with Crippen molar-refractivity contribution >= 4 is 33.4 Å². The third kappa shape index (κ3) is 5.02. The molecule has 1 aromatic carbocycles. The van der Waals surface area contributed by atoms with E-state index in [0.717, 1.165) is 6.26 Å². The Hall–Kier alpha value is -3.14. The minimum absolute atomic E-state index is 0.0350. The van der Waals surface area contributed by atoms with Crippen molar-refractivity contribution in [1.29, 1.82) is 0 Å². The van der Waals surface area contributed by atoms with Crippen LogP contribution in [0.15, 0.2) is 24.3 Å². The highest BCUT2D eigenvalue weighted by Crippen LogP contribution is 2.22. The number of hydrogen-bond acceptors (Lipinski definition) is 7. The van der Waals surface area contributed by atoms with Crippen LogP contribution in [0, 0.1) is 13.8 Å². The van der Waals surface area contributed by atoms with Gasteiger partial charge in [-0.3, -0.25) is 9.52 Å². The summed E-state index contributed by atoms with van der Waals surface area (Å²) in [6.07, 6.45) is -0.229. The van der Waals surface area contributed by atoms with Gasteiger partial charge in [-0.2, -0.15) is 0 Å². The minimum Gasteiger partial charge on any atom is -0.465 e. The zero-order valence-electron chi connectivity index (χ0n) is 16.7. The second-order valence-corrected chi connectivity index (χ2v) is 8.20. The van der Waals surface area contributed by atoms with Crippen LogP contribution in [0.25, 0.3) is 0 Å². The average Bonchev–Trinajstić information content (AvgIpc) is 2.93. The molecule has 2 aromatic rings. The summed E-state index contributed by atoms with van der Waals surface area (Å²) in [7, 11) is -2.37. The maximum absolute atomic E-state index is 12.8. The summed E-state index contributed by atoms with van der Waals surface area (Å²) in [5, 5.41) is 0. The fraction of sp³-hybridized carbons (Fsp3) is 0.316. The summed E-state index contributed by atoms with van der Waals surface area (Å²) in [5.41, 5.74) is 1.23. The molecule has 0 saturated heterocycles. The van der Waals surface area contributed by atoms with Crippen LogP contribution >= 0.6 is 0 Å². The molecule has 0 saturated carbocycles. The number of aromatic amines is 1. The van der Waals surface area contributed by atoms with Crippen LogP contribution in [0.2, 0.25) is 0 Å². The monoisotopic (exact) mass is 422 g/mol. The number of aromatic nitrogens is 1. The smallest absolute Gasteiger partial charge is 0.340 e. The highest BCUT2D eigenvalue weighted by molar-refractivity contribution is 7.92. The number of rotatable bonds is 7. The van der Waals surface area contributed by atoms with Crippen molar-refractivity contribution in [3.05, 3.63) is 52.3 Å². The Morgan fingerprint density at radius 1 is 1.10 bits per heavy atom. The molecular weight excluding hydrogens is 400 g/mol. The molecule has 10 heteroatoms. The predicted molar refractivity (Wildman–Crippen MR) is 106 cm³/mol. The van der Waals surface area contributed by atoms with Crippen LogP contribution in [0.5, 0.6) is 0 Å². The van der Waals surface area contributed by atoms with E-state index >= 15 is 0 Å². The Morgan fingerprint density at radius 2 is 1.72 bits per heavy atom. The molecular formula is C19H22N2O7S. The first-order chi connectivity index (χ1) is 13.5. The van der Waals surface area contributed by atoms with Crippen molar-refractivity contribution in [2.24, 2.45) is 0 Å². The molecule has 0 aliphatic rings. The average molecular weight is 422 g/mol. The fourth-order valence-corrected chi connectivity index (χ4v) is 3.41. The first kappa shape index (κ1) is 22.2. The molecule has 0 bridgehead atoms. The van der Waals surface area contributed by atoms with E-state index in [1.165, 1.54) is 32.2 Å². The van der Waals surface area contributed by atoms with E-state index in [0.29, 0.717) is 11.3 Å². The van der Waals surface area contributed by atoms with E-state index in [-0.39, 0.29) is 22.5 Å². The minimum atomic E-state index is -3.61. The number of sulfonamides is 1. The number of Topliss-reactive ketones (excluding diaryl/α,β-unsaturated/α-hetero) is 1. The molecule has 0 aliphatic heterocycles. The Kier molecular flexibility index (Phi) is 6.48. The van der Waals surface area contributed by atoms with Crippen LogP contribution in [0.1, 0.15) is 49.4 Å². The first-order valence-electron chi connectivity index (χ1n) is 8.55. The maximum Gasteiger partial charge on any atom is 0.340 e. The molecule has 0 radical (unpaired) electrons. The summed E-state index contributed by atoms with van der Waals surface area (Å²) >= 11 is 0. The highest BCUT2D eigenvalue weighted by Gasteiger charge is 2.28. The number of methoxy groups -OCH3 is 1. The van der Waals surface area contributed by atoms with Gasteiger partial charge in [0, 0.05) is 5.69 Å². The molecule has 9 nitrogen and oxygen atoms in total. The Labute approximate surface area is 168 Å². The van der Waals surface area contributed by atoms with Crippen molar-refractivity contribution < 1.29 is 32.3 Å². The number of para-hydroxylation sites is 1. The van der Waals surface area contributed by atoms with Crippen molar-refractivity contribution in [3.63, 3.8) is 0 Å². The van der Waals surface area contributed by atoms with E-state index in [2.05, 4.69) is 9.71 Å². The van der Waals surface area contributed by atoms with Gasteiger partial charge in [0.2, 0.25) is 15.8 Å². The standard InChI is InChI=1S/C19H22N2O7S/c1-10-15(19(24)27-4)11(2)20-16(10)17(22)12(3)28-18(23)13-8-6-7-9-14(13)21-29(5,25)26/h6-9,12,20-21H,1-5H3. The number of hydrogen-bond donors (Lipinski definition) is 2. The van der Waals surface area contributed by atoms with Gasteiger partial charge in [-0.15, -0.1) is 0 Å². The van der Waals surface area contributed by atoms with Gasteiger partial charge in [0.15, 0.2) is 6.10 Å². The van der Waals surface area contributed by atoms with E-state index in [9.17, 15) is 22.8 Å². The number of ether oxygens (including phenoxy) is 2. The number of carbonyl (C=O) groups excluding carboxylic acids is 3. The lowest BCUT2D eigenvalue weighted by atomic mass is 10.1. The van der Waals surface area contributed by atoms with Crippen molar-refractivity contribution in [2.75, 3.05) is 18.1 Å². The molecule has 1 heterocycles. The van der Waals surface area contributed by atoms with Crippen molar-refractivity contribution in [3.8, 4) is 0 Å². The quantitative estimate of drug-likeness (QED) is 0.516. The molecule has 0 amide bonds. The Morgan fingerprint density at radius 3 is 2.31 bits per heavy atom. The van der Waals surface area contributed by atoms with Crippen LogP contribution in [-0.4, -0.2) is 50.6 Å². The number of aryl methyl sites for hydroxylation is 1. The van der Waals surface area contributed by atoms with Gasteiger partial charge >= 0.3 is 11.9 Å². The number of nitrogens with one attached hydrogen (secondary N) is 2. The number of benzene rings is 1. The molecule has 0 spiro atoms. The van der Waals surface area contributed by atoms with Gasteiger partial charge in [0.25, 0.3) is 0 Å². The zero-order valence-corrected chi connectivity index (χ0v) is 17.5. The van der Waals surface area contributed by atoms with Crippen LogP contribution < -0.4 is 4.72 Å². The summed E-state index contributed by atoms with van der Waals surface area (Å²) in [6, 6.07) is 5.88. The van der Waals surface area contributed by atoms with Crippen LogP contribution in [-0.2, 0) is 19.5 Å². The Bertz CT molecular complexity index is 1070. The van der Waals surface area contributed by atoms with E-state index in [1.54, 1.807) is 19.9 Å². The zero-order chi connectivity index (χ0) is 21.9. The third-order valence-corrected chi connectivity index (χ3v) is 4.76. The van der Waals surface area contributed by atoms with Gasteiger partial charge < -0.3 is 14.5 Å². The van der Waals surface area contributed by atoms with E-state index in [1.807, 2.05) is 0 Å². The molecule has 0 fully saturated rings. The summed E-state index contributed by atoms with van der Waals surface area (Å²) < 4.78 is 35.2. The van der Waals surface area contributed by atoms with Gasteiger partial charge in [-0.25, -0.2) is 18.0 Å². The summed E-state index contributed by atoms with van der Waals surface area (Å²) in [5.74, 6) is -1.99. The molecule has 1 atom stereocenters. The van der Waals surface area contributed by atoms with Crippen LogP contribution in [0.4, 0.5) is 5.69 Å². The van der Waals surface area contributed by atoms with Crippen molar-refractivity contribution in [1.82, 2.24) is 4.98 Å². The number of esters is 2. The van der Waals surface area contributed by atoms with E-state index < -0.39 is 33.8 Å². The SMILES string of the molecule is COC(=O)c1c(C)[nH]c(C(=O)C(C)OC(=O)c2ccccc2NS(C)(=O)=O)c1C. The molecule has 2 rings (SSSR count). The molecule has 1 unspecified atom stereocenters. The number of H-pyrrole nitrogens is 1. The normalized spacial score (nSPS) is 12.2. The summed E-state index contributed by atoms with van der Waals surface area (Å²) in [6.45, 7) is 4.60. The lowest BCUT2D eigenvalue weighted by Crippen LogP contribution is -2.26. The first-order valence-corrected chi connectivity index (χ1v) is 10.4. The molecule has 1 aromatic heterocycles. The molecule has 2 N–H and O–H groups in total. The topological polar surface area (TPSA) is 132 Å². The third-order valence-electron chi connectivity index (χ3n) is 4.17. The van der Waals surface area contributed by atoms with Gasteiger partial charge in [-0.05, 0) is 38.5 Å². The number of anilines is 1. The lowest BCUT2D eigenvalue weighted by Gasteiger charge is -2.14. The molecule has 0 aliphatic carbocycles.